The smallest absolute Gasteiger partial charge is 0.232 e. The first-order chi connectivity index (χ1) is 12.3. The second-order valence-electron chi connectivity index (χ2n) is 5.17. The predicted molar refractivity (Wildman–Crippen MR) is 94.3 cm³/mol. The van der Waals surface area contributed by atoms with E-state index < -0.39 is 0 Å². The lowest BCUT2D eigenvalue weighted by molar-refractivity contribution is 0.846. The molecule has 0 fully saturated rings. The fourth-order valence-corrected chi connectivity index (χ4v) is 2.27. The van der Waals surface area contributed by atoms with Gasteiger partial charge in [-0.1, -0.05) is 24.3 Å². The molecule has 1 aromatic carbocycles. The Morgan fingerprint density at radius 2 is 1.72 bits per heavy atom. The monoisotopic (exact) mass is 330 g/mol. The van der Waals surface area contributed by atoms with Crippen molar-refractivity contribution in [3.8, 4) is 17.3 Å². The summed E-state index contributed by atoms with van der Waals surface area (Å²) >= 11 is 0. The molecular formula is C17H14N8. The molecule has 0 atom stereocenters. The van der Waals surface area contributed by atoms with Crippen LogP contribution in [0.5, 0.6) is 0 Å². The lowest BCUT2D eigenvalue weighted by atomic mass is 10.3. The molecule has 0 bridgehead atoms. The van der Waals surface area contributed by atoms with Crippen molar-refractivity contribution in [1.82, 2.24) is 29.7 Å². The van der Waals surface area contributed by atoms with Crippen molar-refractivity contribution >= 4 is 17.6 Å². The first-order valence-corrected chi connectivity index (χ1v) is 7.59. The van der Waals surface area contributed by atoms with Crippen LogP contribution in [0.1, 0.15) is 0 Å². The molecule has 0 unspecified atom stereocenters. The third-order valence-corrected chi connectivity index (χ3v) is 3.38. The van der Waals surface area contributed by atoms with Crippen molar-refractivity contribution in [1.29, 1.82) is 0 Å². The SMILES string of the molecule is Nc1nc(Nc2ccccc2)nc(-c2ccn(-c3ccccn3)n2)n1. The fraction of sp³-hybridized carbons (Fsp3) is 0. The molecule has 3 aromatic heterocycles. The van der Waals surface area contributed by atoms with Crippen molar-refractivity contribution in [2.75, 3.05) is 11.1 Å². The molecule has 4 aromatic rings. The number of para-hydroxylation sites is 1. The van der Waals surface area contributed by atoms with Gasteiger partial charge in [-0.25, -0.2) is 9.67 Å². The summed E-state index contributed by atoms with van der Waals surface area (Å²) in [5.74, 6) is 1.58. The van der Waals surface area contributed by atoms with Crippen LogP contribution in [0.25, 0.3) is 17.3 Å². The first kappa shape index (κ1) is 14.8. The van der Waals surface area contributed by atoms with Gasteiger partial charge in [0.05, 0.1) is 0 Å². The quantitative estimate of drug-likeness (QED) is 0.591. The molecule has 3 N–H and O–H groups in total. The first-order valence-electron chi connectivity index (χ1n) is 7.59. The van der Waals surface area contributed by atoms with Gasteiger partial charge in [0.25, 0.3) is 0 Å². The number of nitrogen functional groups attached to an aromatic ring is 1. The fourth-order valence-electron chi connectivity index (χ4n) is 2.27. The Morgan fingerprint density at radius 1 is 0.880 bits per heavy atom. The lowest BCUT2D eigenvalue weighted by Crippen LogP contribution is -2.05. The molecule has 0 aliphatic rings. The standard InChI is InChI=1S/C17H14N8/c18-16-21-15(22-17(23-16)20-12-6-2-1-3-7-12)13-9-11-25(24-13)14-8-4-5-10-19-14/h1-11H,(H3,18,20,21,22,23). The van der Waals surface area contributed by atoms with Crippen LogP contribution < -0.4 is 11.1 Å². The van der Waals surface area contributed by atoms with Crippen LogP contribution in [0, 0.1) is 0 Å². The van der Waals surface area contributed by atoms with Crippen LogP contribution >= 0.6 is 0 Å². The number of aromatic nitrogens is 6. The number of rotatable bonds is 4. The van der Waals surface area contributed by atoms with Gasteiger partial charge in [-0.05, 0) is 30.3 Å². The predicted octanol–water partition coefficient (Wildman–Crippen LogP) is 2.45. The maximum atomic E-state index is 5.82. The van der Waals surface area contributed by atoms with Crippen LogP contribution in [-0.2, 0) is 0 Å². The molecule has 8 nitrogen and oxygen atoms in total. The van der Waals surface area contributed by atoms with E-state index in [0.717, 1.165) is 5.69 Å². The molecule has 0 spiro atoms. The molecule has 8 heteroatoms. The van der Waals surface area contributed by atoms with Crippen LogP contribution in [0.3, 0.4) is 0 Å². The van der Waals surface area contributed by atoms with Crippen LogP contribution in [0.15, 0.2) is 67.0 Å². The number of anilines is 3. The van der Waals surface area contributed by atoms with E-state index in [-0.39, 0.29) is 5.95 Å². The van der Waals surface area contributed by atoms with Crippen LogP contribution in [-0.4, -0.2) is 29.7 Å². The van der Waals surface area contributed by atoms with Crippen molar-refractivity contribution < 1.29 is 0 Å². The highest BCUT2D eigenvalue weighted by Crippen LogP contribution is 2.18. The number of pyridine rings is 1. The second-order valence-corrected chi connectivity index (χ2v) is 5.17. The summed E-state index contributed by atoms with van der Waals surface area (Å²) < 4.78 is 1.65. The van der Waals surface area contributed by atoms with E-state index in [1.165, 1.54) is 0 Å². The molecule has 0 aliphatic heterocycles. The van der Waals surface area contributed by atoms with Crippen molar-refractivity contribution in [2.24, 2.45) is 0 Å². The maximum Gasteiger partial charge on any atom is 0.232 e. The maximum absolute atomic E-state index is 5.82. The molecule has 4 rings (SSSR count). The topological polar surface area (TPSA) is 107 Å². The van der Waals surface area contributed by atoms with E-state index in [2.05, 4.69) is 30.4 Å². The van der Waals surface area contributed by atoms with Gasteiger partial charge in [0.2, 0.25) is 11.9 Å². The summed E-state index contributed by atoms with van der Waals surface area (Å²) in [4.78, 5) is 16.9. The molecule has 0 amide bonds. The molecule has 25 heavy (non-hydrogen) atoms. The molecular weight excluding hydrogens is 316 g/mol. The number of hydrogen-bond acceptors (Lipinski definition) is 7. The highest BCUT2D eigenvalue weighted by atomic mass is 15.3. The number of nitrogens with one attached hydrogen (secondary N) is 1. The number of nitrogens with zero attached hydrogens (tertiary/aromatic N) is 6. The van der Waals surface area contributed by atoms with E-state index >= 15 is 0 Å². The summed E-state index contributed by atoms with van der Waals surface area (Å²) in [6.07, 6.45) is 3.50. The zero-order valence-corrected chi connectivity index (χ0v) is 13.1. The molecule has 3 heterocycles. The van der Waals surface area contributed by atoms with Gasteiger partial charge >= 0.3 is 0 Å². The van der Waals surface area contributed by atoms with Crippen LogP contribution in [0.2, 0.25) is 0 Å². The highest BCUT2D eigenvalue weighted by molar-refractivity contribution is 5.58. The Hall–Kier alpha value is -3.81. The van der Waals surface area contributed by atoms with E-state index in [9.17, 15) is 0 Å². The summed E-state index contributed by atoms with van der Waals surface area (Å²) in [6.45, 7) is 0. The third-order valence-electron chi connectivity index (χ3n) is 3.38. The molecule has 0 saturated carbocycles. The average molecular weight is 330 g/mol. The average Bonchev–Trinajstić information content (AvgIpc) is 3.13. The Balaban J connectivity index is 1.66. The Labute approximate surface area is 143 Å². The van der Waals surface area contributed by atoms with Gasteiger partial charge in [0.1, 0.15) is 5.69 Å². The van der Waals surface area contributed by atoms with Crippen molar-refractivity contribution in [3.05, 3.63) is 67.0 Å². The van der Waals surface area contributed by atoms with Gasteiger partial charge in [-0.15, -0.1) is 0 Å². The summed E-state index contributed by atoms with van der Waals surface area (Å²) in [5, 5.41) is 7.56. The van der Waals surface area contributed by atoms with Gasteiger partial charge in [0, 0.05) is 18.1 Å². The third kappa shape index (κ3) is 3.27. The largest absolute Gasteiger partial charge is 0.368 e. The summed E-state index contributed by atoms with van der Waals surface area (Å²) in [7, 11) is 0. The molecule has 0 radical (unpaired) electrons. The Kier molecular flexibility index (Phi) is 3.76. The van der Waals surface area contributed by atoms with Crippen molar-refractivity contribution in [2.45, 2.75) is 0 Å². The van der Waals surface area contributed by atoms with E-state index in [1.807, 2.05) is 48.5 Å². The summed E-state index contributed by atoms with van der Waals surface area (Å²) in [6, 6.07) is 17.0. The number of hydrogen-bond donors (Lipinski definition) is 2. The molecule has 0 saturated heterocycles. The van der Waals surface area contributed by atoms with Crippen molar-refractivity contribution in [3.63, 3.8) is 0 Å². The van der Waals surface area contributed by atoms with E-state index in [1.54, 1.807) is 23.1 Å². The summed E-state index contributed by atoms with van der Waals surface area (Å²) in [5.41, 5.74) is 7.26. The minimum atomic E-state index is 0.121. The molecule has 0 aliphatic carbocycles. The minimum absolute atomic E-state index is 0.121. The van der Waals surface area contributed by atoms with E-state index in [4.69, 9.17) is 5.73 Å². The molecule has 122 valence electrons. The van der Waals surface area contributed by atoms with Gasteiger partial charge < -0.3 is 11.1 Å². The zero-order chi connectivity index (χ0) is 17.1. The minimum Gasteiger partial charge on any atom is -0.368 e. The number of nitrogens with two attached hydrogens (primary N) is 1. The Bertz CT molecular complexity index is 982. The van der Waals surface area contributed by atoms with Gasteiger partial charge in [-0.3, -0.25) is 0 Å². The lowest BCUT2D eigenvalue weighted by Gasteiger charge is -2.06. The normalized spacial score (nSPS) is 10.6. The zero-order valence-electron chi connectivity index (χ0n) is 13.1. The second kappa shape index (κ2) is 6.36. The Morgan fingerprint density at radius 3 is 2.52 bits per heavy atom. The highest BCUT2D eigenvalue weighted by Gasteiger charge is 2.11. The van der Waals surface area contributed by atoms with Crippen LogP contribution in [0.4, 0.5) is 17.6 Å². The van der Waals surface area contributed by atoms with Gasteiger partial charge in [-0.2, -0.15) is 20.1 Å². The number of benzene rings is 1. The van der Waals surface area contributed by atoms with E-state index in [0.29, 0.717) is 23.3 Å². The van der Waals surface area contributed by atoms with Gasteiger partial charge in [0.15, 0.2) is 11.6 Å².